The predicted octanol–water partition coefficient (Wildman–Crippen LogP) is 2.89. The van der Waals surface area contributed by atoms with Crippen LogP contribution >= 0.6 is 12.4 Å². The Morgan fingerprint density at radius 1 is 0.969 bits per heavy atom. The first-order chi connectivity index (χ1) is 14.6. The summed E-state index contributed by atoms with van der Waals surface area (Å²) in [6.45, 7) is 0.883. The minimum atomic E-state index is -4.69. The molecule has 0 aromatic heterocycles. The zero-order valence-corrected chi connectivity index (χ0v) is 17.6. The molecule has 2 aromatic carbocycles. The average molecular weight is 471 g/mol. The number of nitrogens with one attached hydrogen (secondary N) is 1. The van der Waals surface area contributed by atoms with Crippen molar-refractivity contribution in [1.82, 2.24) is 4.90 Å². The molecule has 2 aromatic rings. The van der Waals surface area contributed by atoms with E-state index >= 15 is 0 Å². The monoisotopic (exact) mass is 470 g/mol. The first-order valence-corrected chi connectivity index (χ1v) is 9.36. The summed E-state index contributed by atoms with van der Waals surface area (Å²) in [5.74, 6) is -1.49. The Kier molecular flexibility index (Phi) is 7.92. The topological polar surface area (TPSA) is 117 Å². The SMILES string of the molecule is Cl.NC(N)=NC(=O)c1ccc(N2CCN(C(=O)Nc3ccccc3)CC2)c(C(F)(F)F)c1. The highest BCUT2D eigenvalue weighted by molar-refractivity contribution is 6.02. The Morgan fingerprint density at radius 2 is 1.59 bits per heavy atom. The van der Waals surface area contributed by atoms with E-state index in [1.165, 1.54) is 21.9 Å². The lowest BCUT2D eigenvalue weighted by Gasteiger charge is -2.37. The lowest BCUT2D eigenvalue weighted by Crippen LogP contribution is -2.50. The van der Waals surface area contributed by atoms with Gasteiger partial charge in [-0.3, -0.25) is 4.79 Å². The van der Waals surface area contributed by atoms with E-state index in [9.17, 15) is 22.8 Å². The van der Waals surface area contributed by atoms with Gasteiger partial charge in [-0.05, 0) is 30.3 Å². The summed E-state index contributed by atoms with van der Waals surface area (Å²) in [4.78, 5) is 30.6. The van der Waals surface area contributed by atoms with Crippen molar-refractivity contribution in [3.63, 3.8) is 0 Å². The van der Waals surface area contributed by atoms with Crippen LogP contribution in [0.15, 0.2) is 53.5 Å². The molecule has 1 saturated heterocycles. The van der Waals surface area contributed by atoms with Crippen LogP contribution in [0.4, 0.5) is 29.3 Å². The van der Waals surface area contributed by atoms with Gasteiger partial charge in [0, 0.05) is 43.1 Å². The molecule has 1 fully saturated rings. The number of carbonyl (C=O) groups excluding carboxylic acids is 2. The van der Waals surface area contributed by atoms with Crippen molar-refractivity contribution in [3.8, 4) is 0 Å². The third-order valence-corrected chi connectivity index (χ3v) is 4.71. The van der Waals surface area contributed by atoms with E-state index in [2.05, 4.69) is 10.3 Å². The normalized spacial score (nSPS) is 13.7. The van der Waals surface area contributed by atoms with Gasteiger partial charge in [0.1, 0.15) is 0 Å². The Morgan fingerprint density at radius 3 is 2.16 bits per heavy atom. The number of urea groups is 1. The zero-order valence-electron chi connectivity index (χ0n) is 16.8. The molecular weight excluding hydrogens is 449 g/mol. The average Bonchev–Trinajstić information content (AvgIpc) is 2.73. The number of anilines is 2. The van der Waals surface area contributed by atoms with E-state index in [1.54, 1.807) is 24.3 Å². The van der Waals surface area contributed by atoms with E-state index in [0.717, 1.165) is 6.07 Å². The maximum Gasteiger partial charge on any atom is 0.418 e. The van der Waals surface area contributed by atoms with Gasteiger partial charge in [0.05, 0.1) is 5.56 Å². The zero-order chi connectivity index (χ0) is 22.6. The molecule has 5 N–H and O–H groups in total. The van der Waals surface area contributed by atoms with E-state index in [0.29, 0.717) is 5.69 Å². The largest absolute Gasteiger partial charge is 0.418 e. The third-order valence-electron chi connectivity index (χ3n) is 4.71. The minimum Gasteiger partial charge on any atom is -0.370 e. The number of guanidine groups is 1. The predicted molar refractivity (Wildman–Crippen MR) is 118 cm³/mol. The molecule has 0 unspecified atom stereocenters. The van der Waals surface area contributed by atoms with Crippen LogP contribution in [0.1, 0.15) is 15.9 Å². The molecule has 0 radical (unpaired) electrons. The van der Waals surface area contributed by atoms with E-state index in [4.69, 9.17) is 11.5 Å². The maximum atomic E-state index is 13.7. The van der Waals surface area contributed by atoms with Crippen molar-refractivity contribution in [2.24, 2.45) is 16.5 Å². The summed E-state index contributed by atoms with van der Waals surface area (Å²) in [6.07, 6.45) is -4.69. The number of piperazine rings is 1. The Labute approximate surface area is 188 Å². The molecule has 32 heavy (non-hydrogen) atoms. The smallest absolute Gasteiger partial charge is 0.370 e. The number of aliphatic imine (C=N–C) groups is 1. The van der Waals surface area contributed by atoms with E-state index in [1.807, 2.05) is 6.07 Å². The van der Waals surface area contributed by atoms with Crippen molar-refractivity contribution in [2.45, 2.75) is 6.18 Å². The van der Waals surface area contributed by atoms with Gasteiger partial charge in [0.25, 0.3) is 5.91 Å². The molecule has 1 heterocycles. The van der Waals surface area contributed by atoms with Gasteiger partial charge in [0.2, 0.25) is 0 Å². The molecule has 0 saturated carbocycles. The second-order valence-electron chi connectivity index (χ2n) is 6.84. The Bertz CT molecular complexity index is 989. The van der Waals surface area contributed by atoms with Crippen LogP contribution in [0.3, 0.4) is 0 Å². The molecule has 3 rings (SSSR count). The summed E-state index contributed by atoms with van der Waals surface area (Å²) < 4.78 is 41.0. The molecular formula is C20H22ClF3N6O2. The van der Waals surface area contributed by atoms with E-state index < -0.39 is 23.6 Å². The first kappa shape index (κ1) is 24.8. The third kappa shape index (κ3) is 6.03. The van der Waals surface area contributed by atoms with E-state index in [-0.39, 0.29) is 55.9 Å². The molecule has 0 spiro atoms. The molecule has 0 aliphatic carbocycles. The Hall–Kier alpha value is -3.47. The highest BCUT2D eigenvalue weighted by atomic mass is 35.5. The summed E-state index contributed by atoms with van der Waals surface area (Å²) in [5.41, 5.74) is 9.58. The summed E-state index contributed by atoms with van der Waals surface area (Å²) >= 11 is 0. The molecule has 0 bridgehead atoms. The van der Waals surface area contributed by atoms with Crippen molar-refractivity contribution >= 4 is 41.7 Å². The first-order valence-electron chi connectivity index (χ1n) is 9.36. The molecule has 3 amide bonds. The number of halogens is 4. The summed E-state index contributed by atoms with van der Waals surface area (Å²) in [5, 5.41) is 2.76. The lowest BCUT2D eigenvalue weighted by atomic mass is 10.1. The fourth-order valence-corrected chi connectivity index (χ4v) is 3.23. The van der Waals surface area contributed by atoms with Crippen LogP contribution in [-0.4, -0.2) is 49.0 Å². The van der Waals surface area contributed by atoms with Gasteiger partial charge < -0.3 is 26.6 Å². The van der Waals surface area contributed by atoms with Gasteiger partial charge in [-0.25, -0.2) is 4.79 Å². The second kappa shape index (κ2) is 10.2. The standard InChI is InChI=1S/C20H21F3N6O2.ClH/c21-20(22,23)15-12-13(17(30)27-18(24)25)6-7-16(15)28-8-10-29(11-9-28)19(31)26-14-4-2-1-3-5-14;/h1-7,12H,8-11H2,(H,26,31)(H4,24,25,27,30);1H. The quantitative estimate of drug-likeness (QED) is 0.471. The van der Waals surface area contributed by atoms with Gasteiger partial charge in [-0.2, -0.15) is 18.2 Å². The summed E-state index contributed by atoms with van der Waals surface area (Å²) in [6, 6.07) is 11.8. The van der Waals surface area contributed by atoms with Crippen LogP contribution in [0.25, 0.3) is 0 Å². The van der Waals surface area contributed by atoms with Gasteiger partial charge >= 0.3 is 12.2 Å². The van der Waals surface area contributed by atoms with Crippen molar-refractivity contribution in [2.75, 3.05) is 36.4 Å². The number of amides is 3. The van der Waals surface area contributed by atoms with Crippen LogP contribution in [0.5, 0.6) is 0 Å². The van der Waals surface area contributed by atoms with Crippen LogP contribution in [0, 0.1) is 0 Å². The van der Waals surface area contributed by atoms with Gasteiger partial charge in [-0.1, -0.05) is 18.2 Å². The minimum absolute atomic E-state index is 0. The Balaban J connectivity index is 0.00000363. The highest BCUT2D eigenvalue weighted by Gasteiger charge is 2.36. The molecule has 1 aliphatic heterocycles. The molecule has 172 valence electrons. The summed E-state index contributed by atoms with van der Waals surface area (Å²) in [7, 11) is 0. The second-order valence-corrected chi connectivity index (χ2v) is 6.84. The van der Waals surface area contributed by atoms with Crippen LogP contribution in [0.2, 0.25) is 0 Å². The number of nitrogens with zero attached hydrogens (tertiary/aromatic N) is 3. The van der Waals surface area contributed by atoms with Crippen molar-refractivity contribution in [3.05, 3.63) is 59.7 Å². The fraction of sp³-hybridized carbons (Fsp3) is 0.250. The number of para-hydroxylation sites is 1. The van der Waals surface area contributed by atoms with Crippen LogP contribution in [-0.2, 0) is 6.18 Å². The number of hydrogen-bond acceptors (Lipinski definition) is 3. The number of nitrogens with two attached hydrogens (primary N) is 2. The van der Waals surface area contributed by atoms with Crippen molar-refractivity contribution in [1.29, 1.82) is 0 Å². The fourth-order valence-electron chi connectivity index (χ4n) is 3.23. The highest BCUT2D eigenvalue weighted by Crippen LogP contribution is 2.37. The molecule has 8 nitrogen and oxygen atoms in total. The maximum absolute atomic E-state index is 13.7. The molecule has 1 aliphatic rings. The van der Waals surface area contributed by atoms with Crippen LogP contribution < -0.4 is 21.7 Å². The van der Waals surface area contributed by atoms with Crippen molar-refractivity contribution < 1.29 is 22.8 Å². The number of rotatable bonds is 3. The number of benzene rings is 2. The number of carbonyl (C=O) groups is 2. The lowest BCUT2D eigenvalue weighted by molar-refractivity contribution is -0.137. The number of alkyl halides is 3. The molecule has 0 atom stereocenters. The number of hydrogen-bond donors (Lipinski definition) is 3. The molecule has 12 heteroatoms. The van der Waals surface area contributed by atoms with Gasteiger partial charge in [-0.15, -0.1) is 12.4 Å². The van der Waals surface area contributed by atoms with Gasteiger partial charge in [0.15, 0.2) is 5.96 Å².